The molecule has 2 amide bonds. The Balaban J connectivity index is 1.73. The topological polar surface area (TPSA) is 49.4 Å². The number of carbonyl (C=O) groups excluding carboxylic acids is 2. The highest BCUT2D eigenvalue weighted by atomic mass is 16.2. The Labute approximate surface area is 167 Å². The average molecular weight is 379 g/mol. The SMILES string of the molecule is CC(=O)N[C@@H](CC(=O)N1CCCC[C@@H]1Cc1ccccc1)c1ccc(C)cc1. The number of hydrogen-bond acceptors (Lipinski definition) is 2. The number of amides is 2. The van der Waals surface area contributed by atoms with Gasteiger partial charge in [-0.1, -0.05) is 60.2 Å². The minimum Gasteiger partial charge on any atom is -0.349 e. The quantitative estimate of drug-likeness (QED) is 0.819. The van der Waals surface area contributed by atoms with Crippen LogP contribution in [-0.4, -0.2) is 29.3 Å². The molecule has 0 unspecified atom stereocenters. The summed E-state index contributed by atoms with van der Waals surface area (Å²) >= 11 is 0. The maximum absolute atomic E-state index is 13.2. The lowest BCUT2D eigenvalue weighted by Gasteiger charge is -2.37. The molecule has 3 rings (SSSR count). The van der Waals surface area contributed by atoms with E-state index in [0.29, 0.717) is 6.42 Å². The first-order chi connectivity index (χ1) is 13.5. The molecule has 1 aliphatic heterocycles. The van der Waals surface area contributed by atoms with Crippen LogP contribution in [0, 0.1) is 6.92 Å². The van der Waals surface area contributed by atoms with E-state index in [1.807, 2.05) is 42.2 Å². The van der Waals surface area contributed by atoms with Gasteiger partial charge < -0.3 is 10.2 Å². The summed E-state index contributed by atoms with van der Waals surface area (Å²) in [6.07, 6.45) is 4.44. The monoisotopic (exact) mass is 378 g/mol. The van der Waals surface area contributed by atoms with Crippen LogP contribution in [0.3, 0.4) is 0 Å². The van der Waals surface area contributed by atoms with Crippen molar-refractivity contribution in [3.8, 4) is 0 Å². The van der Waals surface area contributed by atoms with E-state index in [4.69, 9.17) is 0 Å². The molecule has 1 aliphatic rings. The van der Waals surface area contributed by atoms with Gasteiger partial charge in [0.25, 0.3) is 0 Å². The molecule has 4 nitrogen and oxygen atoms in total. The molecule has 28 heavy (non-hydrogen) atoms. The maximum atomic E-state index is 13.2. The van der Waals surface area contributed by atoms with Gasteiger partial charge in [0.05, 0.1) is 12.5 Å². The van der Waals surface area contributed by atoms with Gasteiger partial charge in [-0.25, -0.2) is 0 Å². The molecule has 2 atom stereocenters. The number of aryl methyl sites for hydroxylation is 1. The van der Waals surface area contributed by atoms with Crippen molar-refractivity contribution in [2.45, 2.75) is 58.0 Å². The Hall–Kier alpha value is -2.62. The van der Waals surface area contributed by atoms with Gasteiger partial charge in [-0.3, -0.25) is 9.59 Å². The number of hydrogen-bond donors (Lipinski definition) is 1. The number of likely N-dealkylation sites (tertiary alicyclic amines) is 1. The third-order valence-corrected chi connectivity index (χ3v) is 5.50. The van der Waals surface area contributed by atoms with Crippen molar-refractivity contribution >= 4 is 11.8 Å². The zero-order valence-electron chi connectivity index (χ0n) is 16.9. The molecule has 1 heterocycles. The molecular formula is C24H30N2O2. The van der Waals surface area contributed by atoms with Crippen LogP contribution in [0.1, 0.15) is 55.3 Å². The third-order valence-electron chi connectivity index (χ3n) is 5.50. The van der Waals surface area contributed by atoms with Crippen LogP contribution in [0.2, 0.25) is 0 Å². The molecule has 2 aromatic rings. The van der Waals surface area contributed by atoms with E-state index in [0.717, 1.165) is 43.4 Å². The summed E-state index contributed by atoms with van der Waals surface area (Å²) in [6, 6.07) is 18.4. The van der Waals surface area contributed by atoms with E-state index >= 15 is 0 Å². The van der Waals surface area contributed by atoms with E-state index < -0.39 is 0 Å². The van der Waals surface area contributed by atoms with Crippen molar-refractivity contribution < 1.29 is 9.59 Å². The normalized spacial score (nSPS) is 17.8. The number of nitrogens with one attached hydrogen (secondary N) is 1. The molecule has 4 heteroatoms. The standard InChI is InChI=1S/C24H30N2O2/c1-18-11-13-21(14-12-18)23(25-19(2)27)17-24(28)26-15-7-6-10-22(26)16-20-8-4-3-5-9-20/h3-5,8-9,11-14,22-23H,6-7,10,15-17H2,1-2H3,(H,25,27)/t22-,23+/m1/s1. The van der Waals surface area contributed by atoms with Crippen molar-refractivity contribution in [1.82, 2.24) is 10.2 Å². The first-order valence-electron chi connectivity index (χ1n) is 10.2. The van der Waals surface area contributed by atoms with Crippen molar-refractivity contribution in [1.29, 1.82) is 0 Å². The van der Waals surface area contributed by atoms with Crippen LogP contribution in [0.25, 0.3) is 0 Å². The predicted octanol–water partition coefficient (Wildman–Crippen LogP) is 4.19. The number of rotatable bonds is 6. The lowest BCUT2D eigenvalue weighted by Crippen LogP contribution is -2.46. The second-order valence-corrected chi connectivity index (χ2v) is 7.79. The van der Waals surface area contributed by atoms with Gasteiger partial charge in [-0.2, -0.15) is 0 Å². The average Bonchev–Trinajstić information content (AvgIpc) is 2.69. The first kappa shape index (κ1) is 20.1. The number of nitrogens with zero attached hydrogens (tertiary/aromatic N) is 1. The summed E-state index contributed by atoms with van der Waals surface area (Å²) in [5.41, 5.74) is 3.41. The lowest BCUT2D eigenvalue weighted by molar-refractivity contribution is -0.135. The summed E-state index contributed by atoms with van der Waals surface area (Å²) in [7, 11) is 0. The third kappa shape index (κ3) is 5.44. The van der Waals surface area contributed by atoms with E-state index in [-0.39, 0.29) is 23.9 Å². The highest BCUT2D eigenvalue weighted by Crippen LogP contribution is 2.25. The summed E-state index contributed by atoms with van der Waals surface area (Å²) < 4.78 is 0. The van der Waals surface area contributed by atoms with Gasteiger partial charge in [0, 0.05) is 19.5 Å². The summed E-state index contributed by atoms with van der Waals surface area (Å²) in [4.78, 5) is 27.0. The van der Waals surface area contributed by atoms with Crippen LogP contribution in [0.4, 0.5) is 0 Å². The Morgan fingerprint density at radius 3 is 2.46 bits per heavy atom. The fraction of sp³-hybridized carbons (Fsp3) is 0.417. The molecule has 0 spiro atoms. The Kier molecular flexibility index (Phi) is 6.85. The molecule has 0 aromatic heterocycles. The molecule has 0 bridgehead atoms. The van der Waals surface area contributed by atoms with Crippen LogP contribution >= 0.6 is 0 Å². The van der Waals surface area contributed by atoms with E-state index in [9.17, 15) is 9.59 Å². The Morgan fingerprint density at radius 1 is 1.07 bits per heavy atom. The van der Waals surface area contributed by atoms with E-state index in [2.05, 4.69) is 29.6 Å². The molecule has 0 radical (unpaired) electrons. The second-order valence-electron chi connectivity index (χ2n) is 7.79. The van der Waals surface area contributed by atoms with Crippen molar-refractivity contribution in [3.05, 3.63) is 71.3 Å². The summed E-state index contributed by atoms with van der Waals surface area (Å²) in [5, 5.41) is 2.96. The fourth-order valence-electron chi connectivity index (χ4n) is 4.02. The van der Waals surface area contributed by atoms with E-state index in [1.54, 1.807) is 0 Å². The zero-order chi connectivity index (χ0) is 19.9. The fourth-order valence-corrected chi connectivity index (χ4v) is 4.02. The minimum atomic E-state index is -0.287. The van der Waals surface area contributed by atoms with Gasteiger partial charge in [-0.05, 0) is 43.7 Å². The smallest absolute Gasteiger partial charge is 0.225 e. The van der Waals surface area contributed by atoms with Gasteiger partial charge in [0.1, 0.15) is 0 Å². The highest BCUT2D eigenvalue weighted by molar-refractivity contribution is 5.79. The minimum absolute atomic E-state index is 0.113. The lowest BCUT2D eigenvalue weighted by atomic mass is 9.94. The van der Waals surface area contributed by atoms with Gasteiger partial charge >= 0.3 is 0 Å². The summed E-state index contributed by atoms with van der Waals surface area (Å²) in [6.45, 7) is 4.34. The van der Waals surface area contributed by atoms with Crippen LogP contribution in [0.15, 0.2) is 54.6 Å². The first-order valence-corrected chi connectivity index (χ1v) is 10.2. The van der Waals surface area contributed by atoms with Gasteiger partial charge in [-0.15, -0.1) is 0 Å². The zero-order valence-corrected chi connectivity index (χ0v) is 16.9. The molecule has 1 N–H and O–H groups in total. The number of piperidine rings is 1. The van der Waals surface area contributed by atoms with Gasteiger partial charge in [0.2, 0.25) is 11.8 Å². The molecule has 1 saturated heterocycles. The Morgan fingerprint density at radius 2 is 1.79 bits per heavy atom. The molecule has 148 valence electrons. The van der Waals surface area contributed by atoms with E-state index in [1.165, 1.54) is 12.5 Å². The maximum Gasteiger partial charge on any atom is 0.225 e. The molecule has 2 aromatic carbocycles. The predicted molar refractivity (Wildman–Crippen MR) is 112 cm³/mol. The van der Waals surface area contributed by atoms with Crippen LogP contribution < -0.4 is 5.32 Å². The highest BCUT2D eigenvalue weighted by Gasteiger charge is 2.29. The Bertz CT molecular complexity index is 786. The van der Waals surface area contributed by atoms with Gasteiger partial charge in [0.15, 0.2) is 0 Å². The molecule has 1 fully saturated rings. The number of carbonyl (C=O) groups is 2. The second kappa shape index (κ2) is 9.54. The number of benzene rings is 2. The molecule has 0 aliphatic carbocycles. The van der Waals surface area contributed by atoms with Crippen molar-refractivity contribution in [3.63, 3.8) is 0 Å². The molecule has 0 saturated carbocycles. The summed E-state index contributed by atoms with van der Waals surface area (Å²) in [5.74, 6) is 0.0119. The van der Waals surface area contributed by atoms with Crippen LogP contribution in [-0.2, 0) is 16.0 Å². The van der Waals surface area contributed by atoms with Crippen molar-refractivity contribution in [2.24, 2.45) is 0 Å². The van der Waals surface area contributed by atoms with Crippen LogP contribution in [0.5, 0.6) is 0 Å². The largest absolute Gasteiger partial charge is 0.349 e. The molecular weight excluding hydrogens is 348 g/mol. The van der Waals surface area contributed by atoms with Crippen molar-refractivity contribution in [2.75, 3.05) is 6.54 Å².